The first-order valence-electron chi connectivity index (χ1n) is 3.47. The molecule has 0 heterocycles. The molecule has 1 aliphatic rings. The van der Waals surface area contributed by atoms with Crippen LogP contribution in [0.4, 0.5) is 4.39 Å². The summed E-state index contributed by atoms with van der Waals surface area (Å²) in [6.07, 6.45) is 4.59. The lowest BCUT2D eigenvalue weighted by Crippen LogP contribution is -2.11. The minimum absolute atomic E-state index is 0.144. The molecule has 0 aromatic carbocycles. The fourth-order valence-corrected chi connectivity index (χ4v) is 1.10. The van der Waals surface area contributed by atoms with Crippen molar-refractivity contribution in [3.05, 3.63) is 0 Å². The van der Waals surface area contributed by atoms with E-state index in [0.29, 0.717) is 5.92 Å². The van der Waals surface area contributed by atoms with Crippen LogP contribution in [0.1, 0.15) is 32.1 Å². The van der Waals surface area contributed by atoms with Gasteiger partial charge >= 0.3 is 6.04 Å². The number of carbonyl (C=O) groups is 1. The Morgan fingerprint density at radius 2 is 2.22 bits per heavy atom. The molecule has 0 amide bonds. The molecule has 9 heavy (non-hydrogen) atoms. The minimum atomic E-state index is -1.15. The predicted molar refractivity (Wildman–Crippen MR) is 32.7 cm³/mol. The van der Waals surface area contributed by atoms with Crippen molar-refractivity contribution in [2.45, 2.75) is 32.1 Å². The number of hydrogen-bond acceptors (Lipinski definition) is 1. The molecule has 0 aromatic heterocycles. The molecule has 0 spiro atoms. The maximum atomic E-state index is 11.6. The van der Waals surface area contributed by atoms with Crippen LogP contribution in [0.5, 0.6) is 0 Å². The van der Waals surface area contributed by atoms with Crippen molar-refractivity contribution in [1.29, 1.82) is 0 Å². The molecule has 1 saturated carbocycles. The van der Waals surface area contributed by atoms with E-state index < -0.39 is 6.04 Å². The third-order valence-corrected chi connectivity index (χ3v) is 1.97. The van der Waals surface area contributed by atoms with Gasteiger partial charge in [0.05, 0.1) is 0 Å². The zero-order valence-corrected chi connectivity index (χ0v) is 5.40. The summed E-state index contributed by atoms with van der Waals surface area (Å²) in [6.45, 7) is 0. The van der Waals surface area contributed by atoms with Crippen LogP contribution < -0.4 is 0 Å². The zero-order chi connectivity index (χ0) is 6.69. The molecular weight excluding hydrogens is 119 g/mol. The van der Waals surface area contributed by atoms with Crippen molar-refractivity contribution in [3.63, 3.8) is 0 Å². The predicted octanol–water partition coefficient (Wildman–Crippen LogP) is 2.06. The Kier molecular flexibility index (Phi) is 2.20. The van der Waals surface area contributed by atoms with Gasteiger partial charge in [0.25, 0.3) is 0 Å². The smallest absolute Gasteiger partial charge is 0.261 e. The van der Waals surface area contributed by atoms with Gasteiger partial charge in [0, 0.05) is 6.42 Å². The molecule has 0 saturated heterocycles. The normalized spacial score (nSPS) is 19.2. The molecule has 0 unspecified atom stereocenters. The molecule has 0 radical (unpaired) electrons. The van der Waals surface area contributed by atoms with E-state index >= 15 is 0 Å². The van der Waals surface area contributed by atoms with E-state index in [2.05, 4.69) is 0 Å². The first-order chi connectivity index (χ1) is 4.29. The average Bonchev–Trinajstić information content (AvgIpc) is 1.60. The average molecular weight is 130 g/mol. The topological polar surface area (TPSA) is 17.1 Å². The summed E-state index contributed by atoms with van der Waals surface area (Å²) in [5.74, 6) is 0.657. The van der Waals surface area contributed by atoms with Crippen LogP contribution in [0, 0.1) is 5.92 Å². The molecule has 1 nitrogen and oxygen atoms in total. The second kappa shape index (κ2) is 2.95. The van der Waals surface area contributed by atoms with Crippen LogP contribution in [0.15, 0.2) is 0 Å². The van der Waals surface area contributed by atoms with Crippen LogP contribution in [-0.4, -0.2) is 6.04 Å². The number of carbonyl (C=O) groups excluding carboxylic acids is 1. The standard InChI is InChI=1S/C7H11FO/c8-7(9)5-4-6-2-1-3-6/h6H,1-5H2. The molecule has 1 fully saturated rings. The van der Waals surface area contributed by atoms with Crippen LogP contribution in [0.2, 0.25) is 0 Å². The van der Waals surface area contributed by atoms with Gasteiger partial charge in [-0.25, -0.2) is 0 Å². The monoisotopic (exact) mass is 130 g/mol. The van der Waals surface area contributed by atoms with Crippen molar-refractivity contribution in [1.82, 2.24) is 0 Å². The van der Waals surface area contributed by atoms with Gasteiger partial charge in [-0.2, -0.15) is 4.39 Å². The van der Waals surface area contributed by atoms with Gasteiger partial charge in [0.15, 0.2) is 0 Å². The zero-order valence-electron chi connectivity index (χ0n) is 5.40. The number of halogens is 1. The van der Waals surface area contributed by atoms with Crippen molar-refractivity contribution in [2.75, 3.05) is 0 Å². The maximum Gasteiger partial charge on any atom is 0.301 e. The van der Waals surface area contributed by atoms with Gasteiger partial charge in [-0.3, -0.25) is 4.79 Å². The van der Waals surface area contributed by atoms with Crippen molar-refractivity contribution in [3.8, 4) is 0 Å². The molecule has 0 N–H and O–H groups in total. The van der Waals surface area contributed by atoms with Gasteiger partial charge in [-0.1, -0.05) is 19.3 Å². The summed E-state index contributed by atoms with van der Waals surface area (Å²) in [6, 6.07) is -1.15. The first-order valence-corrected chi connectivity index (χ1v) is 3.47. The summed E-state index contributed by atoms with van der Waals surface area (Å²) in [5, 5.41) is 0. The molecule has 0 aliphatic heterocycles. The Labute approximate surface area is 54.3 Å². The summed E-state index contributed by atoms with van der Waals surface area (Å²) in [7, 11) is 0. The van der Waals surface area contributed by atoms with Crippen LogP contribution in [0.3, 0.4) is 0 Å². The summed E-state index contributed by atoms with van der Waals surface area (Å²) in [4.78, 5) is 9.82. The molecule has 0 bridgehead atoms. The van der Waals surface area contributed by atoms with E-state index in [1.807, 2.05) is 0 Å². The highest BCUT2D eigenvalue weighted by molar-refractivity contribution is 5.67. The van der Waals surface area contributed by atoms with Gasteiger partial charge in [-0.15, -0.1) is 0 Å². The van der Waals surface area contributed by atoms with Crippen LogP contribution in [0.25, 0.3) is 0 Å². The van der Waals surface area contributed by atoms with E-state index in [1.165, 1.54) is 19.3 Å². The van der Waals surface area contributed by atoms with Gasteiger partial charge in [-0.05, 0) is 12.3 Å². The van der Waals surface area contributed by atoms with Crippen molar-refractivity contribution in [2.24, 2.45) is 5.92 Å². The first kappa shape index (κ1) is 6.72. The second-order valence-electron chi connectivity index (χ2n) is 2.69. The van der Waals surface area contributed by atoms with Crippen molar-refractivity contribution >= 4 is 6.04 Å². The quantitative estimate of drug-likeness (QED) is 0.534. The Balaban J connectivity index is 1.97. The molecule has 2 heteroatoms. The highest BCUT2D eigenvalue weighted by Gasteiger charge is 2.17. The fourth-order valence-electron chi connectivity index (χ4n) is 1.10. The molecule has 0 atom stereocenters. The van der Waals surface area contributed by atoms with Gasteiger partial charge in [0.2, 0.25) is 0 Å². The van der Waals surface area contributed by atoms with Crippen LogP contribution in [-0.2, 0) is 4.79 Å². The largest absolute Gasteiger partial charge is 0.301 e. The van der Waals surface area contributed by atoms with E-state index in [0.717, 1.165) is 6.42 Å². The second-order valence-corrected chi connectivity index (χ2v) is 2.69. The van der Waals surface area contributed by atoms with Gasteiger partial charge in [0.1, 0.15) is 0 Å². The SMILES string of the molecule is O=C(F)CCC1CCC1. The van der Waals surface area contributed by atoms with E-state index in [-0.39, 0.29) is 6.42 Å². The third-order valence-electron chi connectivity index (χ3n) is 1.97. The Hall–Kier alpha value is -0.400. The van der Waals surface area contributed by atoms with Crippen molar-refractivity contribution < 1.29 is 9.18 Å². The Morgan fingerprint density at radius 1 is 1.56 bits per heavy atom. The third kappa shape index (κ3) is 2.12. The molecule has 0 aromatic rings. The summed E-state index contributed by atoms with van der Waals surface area (Å²) >= 11 is 0. The van der Waals surface area contributed by atoms with E-state index in [4.69, 9.17) is 0 Å². The number of rotatable bonds is 3. The molecule has 1 rings (SSSR count). The summed E-state index contributed by atoms with van der Waals surface area (Å²) in [5.41, 5.74) is 0. The van der Waals surface area contributed by atoms with Crippen LogP contribution >= 0.6 is 0 Å². The highest BCUT2D eigenvalue weighted by Crippen LogP contribution is 2.30. The summed E-state index contributed by atoms with van der Waals surface area (Å²) < 4.78 is 11.6. The lowest BCUT2D eigenvalue weighted by atomic mass is 9.82. The lowest BCUT2D eigenvalue weighted by Gasteiger charge is -2.23. The Morgan fingerprint density at radius 3 is 2.56 bits per heavy atom. The highest BCUT2D eigenvalue weighted by atomic mass is 19.1. The van der Waals surface area contributed by atoms with E-state index in [9.17, 15) is 9.18 Å². The Bertz CT molecular complexity index is 107. The molecule has 1 aliphatic carbocycles. The molecule has 52 valence electrons. The number of hydrogen-bond donors (Lipinski definition) is 0. The lowest BCUT2D eigenvalue weighted by molar-refractivity contribution is -0.129. The van der Waals surface area contributed by atoms with Gasteiger partial charge < -0.3 is 0 Å². The fraction of sp³-hybridized carbons (Fsp3) is 0.857. The van der Waals surface area contributed by atoms with E-state index in [1.54, 1.807) is 0 Å². The minimum Gasteiger partial charge on any atom is -0.261 e. The molecular formula is C7H11FO. The maximum absolute atomic E-state index is 11.6.